The molecule has 0 aliphatic carbocycles. The van der Waals surface area contributed by atoms with Crippen molar-refractivity contribution >= 4 is 94.2 Å². The summed E-state index contributed by atoms with van der Waals surface area (Å²) in [4.78, 5) is 42.8. The number of carboxylic acids is 1. The smallest absolute Gasteiger partial charge is 0.328 e. The summed E-state index contributed by atoms with van der Waals surface area (Å²) in [5, 5.41) is 12.7. The van der Waals surface area contributed by atoms with Crippen LogP contribution in [0.15, 0.2) is 16.8 Å². The van der Waals surface area contributed by atoms with Gasteiger partial charge < -0.3 is 5.11 Å². The molecule has 1 saturated heterocycles. The van der Waals surface area contributed by atoms with E-state index in [0.717, 1.165) is 29.4 Å². The SMILES string of the molecule is CC(=O)NN=C(C)C.CC1CC(=O)N(C)C1=O.CCCC(C)=CC(=O)O.CCCSSCC.CCSSC(C)(C)CC.CCSSC(C)CC. The summed E-state index contributed by atoms with van der Waals surface area (Å²) in [6, 6.07) is 0. The number of allylic oxidation sites excluding steroid dienone is 1. The molecule has 298 valence electrons. The normalized spacial score (nSPS) is 14.0. The molecule has 14 heteroatoms. The summed E-state index contributed by atoms with van der Waals surface area (Å²) in [5.41, 5.74) is 4.08. The minimum absolute atomic E-state index is 0.0556. The van der Waals surface area contributed by atoms with Gasteiger partial charge in [-0.3, -0.25) is 19.3 Å². The molecule has 0 bridgehead atoms. The topological polar surface area (TPSA) is 116 Å². The van der Waals surface area contributed by atoms with E-state index in [4.69, 9.17) is 5.11 Å². The van der Waals surface area contributed by atoms with Crippen LogP contribution in [0.2, 0.25) is 0 Å². The predicted octanol–water partition coefficient (Wildman–Crippen LogP) is 11.9. The number of hydrogen-bond acceptors (Lipinski definition) is 11. The van der Waals surface area contributed by atoms with Gasteiger partial charge in [0.25, 0.3) is 0 Å². The van der Waals surface area contributed by atoms with Crippen LogP contribution >= 0.6 is 64.8 Å². The first-order valence-electron chi connectivity index (χ1n) is 17.6. The molecule has 3 amide bonds. The predicted molar refractivity (Wildman–Crippen MR) is 237 cm³/mol. The highest BCUT2D eigenvalue weighted by Gasteiger charge is 2.32. The Morgan fingerprint density at radius 3 is 1.76 bits per heavy atom. The van der Waals surface area contributed by atoms with Crippen LogP contribution in [0, 0.1) is 5.92 Å². The van der Waals surface area contributed by atoms with Gasteiger partial charge in [0.2, 0.25) is 17.7 Å². The Hall–Kier alpha value is -0.410. The lowest BCUT2D eigenvalue weighted by Crippen LogP contribution is -2.24. The van der Waals surface area contributed by atoms with Crippen molar-refractivity contribution in [1.82, 2.24) is 10.3 Å². The van der Waals surface area contributed by atoms with E-state index < -0.39 is 5.97 Å². The number of carboxylic acid groups (broad SMARTS) is 1. The van der Waals surface area contributed by atoms with E-state index in [1.54, 1.807) is 6.92 Å². The van der Waals surface area contributed by atoms with Gasteiger partial charge in [-0.05, 0) is 60.3 Å². The standard InChI is InChI=1S/C7H12O2.C7H16S2.C6H9NO2.C6H14S2.C5H10N2O.C5H12S2/c1-3-4-6(2)5-7(8)9;1-5-7(3,4)9-8-6-2;1-4-3-5(8)7(2)6(4)9;1-4-6(3)8-7-5-2;1-4(2)6-7-5(3)8;1-3-5-7-6-4-2/h5H,3-4H2,1-2H3,(H,8,9);5-6H2,1-4H3;4H,3H2,1-2H3;6H,4-5H2,1-3H3;1-3H3,(H,7,8);3-5H2,1-2H3. The number of amides is 3. The third-order valence-electron chi connectivity index (χ3n) is 5.73. The maximum atomic E-state index is 10.8. The fourth-order valence-electron chi connectivity index (χ4n) is 2.56. The summed E-state index contributed by atoms with van der Waals surface area (Å²) >= 11 is 0. The molecule has 0 aromatic rings. The van der Waals surface area contributed by atoms with Crippen LogP contribution in [0.4, 0.5) is 0 Å². The number of nitrogens with zero attached hydrogens (tertiary/aromatic N) is 2. The maximum Gasteiger partial charge on any atom is 0.328 e. The number of hydrogen-bond donors (Lipinski definition) is 2. The second kappa shape index (κ2) is 41.3. The van der Waals surface area contributed by atoms with E-state index in [1.807, 2.05) is 92.5 Å². The minimum atomic E-state index is -0.846. The summed E-state index contributed by atoms with van der Waals surface area (Å²) < 4.78 is 0.473. The van der Waals surface area contributed by atoms with E-state index in [0.29, 0.717) is 11.2 Å². The zero-order valence-electron chi connectivity index (χ0n) is 34.2. The molecule has 8 nitrogen and oxygen atoms in total. The van der Waals surface area contributed by atoms with Crippen molar-refractivity contribution in [3.8, 4) is 0 Å². The van der Waals surface area contributed by atoms with E-state index in [2.05, 4.69) is 72.8 Å². The number of likely N-dealkylation sites (tertiary alicyclic amines) is 1. The highest BCUT2D eigenvalue weighted by atomic mass is 33.1. The second-order valence-corrected chi connectivity index (χ2v) is 21.0. The van der Waals surface area contributed by atoms with Crippen molar-refractivity contribution in [2.24, 2.45) is 11.0 Å². The molecule has 1 aliphatic rings. The molecule has 50 heavy (non-hydrogen) atoms. The Kier molecular flexibility index (Phi) is 48.7. The molecule has 1 heterocycles. The number of hydrazone groups is 1. The largest absolute Gasteiger partial charge is 0.478 e. The lowest BCUT2D eigenvalue weighted by atomic mass is 10.1. The number of carbonyl (C=O) groups is 4. The zero-order valence-corrected chi connectivity index (χ0v) is 39.1. The Morgan fingerprint density at radius 1 is 0.940 bits per heavy atom. The number of nitrogens with one attached hydrogen (secondary N) is 1. The van der Waals surface area contributed by atoms with Crippen molar-refractivity contribution < 1.29 is 24.3 Å². The third-order valence-corrected chi connectivity index (χ3v) is 15.1. The summed E-state index contributed by atoms with van der Waals surface area (Å²) in [6.07, 6.45) is 7.38. The quantitative estimate of drug-likeness (QED) is 0.0387. The van der Waals surface area contributed by atoms with Crippen LogP contribution in [0.5, 0.6) is 0 Å². The molecule has 0 spiro atoms. The van der Waals surface area contributed by atoms with Gasteiger partial charge in [-0.1, -0.05) is 139 Å². The molecule has 2 unspecified atom stereocenters. The molecule has 1 rings (SSSR count). The van der Waals surface area contributed by atoms with Crippen LogP contribution in [-0.2, 0) is 19.2 Å². The van der Waals surface area contributed by atoms with Crippen LogP contribution in [0.1, 0.15) is 142 Å². The first-order chi connectivity index (χ1) is 23.3. The van der Waals surface area contributed by atoms with Gasteiger partial charge in [0.1, 0.15) is 0 Å². The van der Waals surface area contributed by atoms with Crippen molar-refractivity contribution in [2.75, 3.05) is 30.1 Å². The lowest BCUT2D eigenvalue weighted by molar-refractivity contribution is -0.137. The van der Waals surface area contributed by atoms with E-state index in [-0.39, 0.29) is 23.6 Å². The fourth-order valence-corrected chi connectivity index (χ4v) is 8.60. The van der Waals surface area contributed by atoms with Gasteiger partial charge in [0.15, 0.2) is 0 Å². The van der Waals surface area contributed by atoms with Crippen molar-refractivity contribution in [3.63, 3.8) is 0 Å². The lowest BCUT2D eigenvalue weighted by Gasteiger charge is -2.19. The second-order valence-electron chi connectivity index (χ2n) is 11.8. The van der Waals surface area contributed by atoms with Gasteiger partial charge in [0.05, 0.1) is 0 Å². The van der Waals surface area contributed by atoms with Crippen LogP contribution in [0.25, 0.3) is 0 Å². The number of aliphatic carboxylic acids is 1. The van der Waals surface area contributed by atoms with Gasteiger partial charge in [-0.2, -0.15) is 5.10 Å². The third kappa shape index (κ3) is 49.7. The Labute approximate surface area is 331 Å². The van der Waals surface area contributed by atoms with E-state index in [1.165, 1.54) is 67.2 Å². The molecular weight excluding hydrogens is 747 g/mol. The fraction of sp³-hybridized carbons (Fsp3) is 0.806. The summed E-state index contributed by atoms with van der Waals surface area (Å²) in [6.45, 7) is 30.8. The van der Waals surface area contributed by atoms with Crippen LogP contribution in [-0.4, -0.2) is 79.5 Å². The van der Waals surface area contributed by atoms with Crippen molar-refractivity contribution in [3.05, 3.63) is 11.6 Å². The highest BCUT2D eigenvalue weighted by Crippen LogP contribution is 2.37. The Morgan fingerprint density at radius 2 is 1.48 bits per heavy atom. The molecule has 0 radical (unpaired) electrons. The molecular formula is C36H73N3O5S6. The molecule has 0 aromatic heterocycles. The average Bonchev–Trinajstić information content (AvgIpc) is 3.27. The molecule has 1 fully saturated rings. The zero-order chi connectivity index (χ0) is 40.1. The monoisotopic (exact) mass is 819 g/mol. The summed E-state index contributed by atoms with van der Waals surface area (Å²) in [5.74, 6) is 3.80. The maximum absolute atomic E-state index is 10.8. The summed E-state index contributed by atoms with van der Waals surface area (Å²) in [7, 11) is 13.3. The Balaban J connectivity index is -0.000000162. The van der Waals surface area contributed by atoms with Crippen LogP contribution < -0.4 is 5.43 Å². The van der Waals surface area contributed by atoms with Gasteiger partial charge in [-0.25, -0.2) is 10.2 Å². The van der Waals surface area contributed by atoms with Gasteiger partial charge >= 0.3 is 5.97 Å². The minimum Gasteiger partial charge on any atom is -0.478 e. The molecule has 2 atom stereocenters. The number of rotatable bonds is 16. The molecule has 0 saturated carbocycles. The first kappa shape index (κ1) is 58.9. The average molecular weight is 820 g/mol. The molecule has 0 aromatic carbocycles. The van der Waals surface area contributed by atoms with Crippen LogP contribution in [0.3, 0.4) is 0 Å². The van der Waals surface area contributed by atoms with Crippen molar-refractivity contribution in [2.45, 2.75) is 152 Å². The van der Waals surface area contributed by atoms with E-state index >= 15 is 0 Å². The molecule has 2 N–H and O–H groups in total. The van der Waals surface area contributed by atoms with E-state index in [9.17, 15) is 19.2 Å². The van der Waals surface area contributed by atoms with Gasteiger partial charge in [0, 0.05) is 71.1 Å². The number of imide groups is 1. The number of carbonyl (C=O) groups excluding carboxylic acids is 3. The first-order valence-corrected chi connectivity index (χ1v) is 24.8. The highest BCUT2D eigenvalue weighted by molar-refractivity contribution is 8.77. The molecule has 1 aliphatic heterocycles. The van der Waals surface area contributed by atoms with Gasteiger partial charge in [-0.15, -0.1) is 0 Å². The van der Waals surface area contributed by atoms with Crippen molar-refractivity contribution in [1.29, 1.82) is 0 Å². The Bertz CT molecular complexity index is 913.